The van der Waals surface area contributed by atoms with E-state index in [0.29, 0.717) is 19.4 Å². The van der Waals surface area contributed by atoms with Gasteiger partial charge in [-0.05, 0) is 13.3 Å². The van der Waals surface area contributed by atoms with Crippen LogP contribution >= 0.6 is 0 Å². The number of nitrogens with one attached hydrogen (secondary N) is 1. The van der Waals surface area contributed by atoms with E-state index in [-0.39, 0.29) is 23.8 Å². The van der Waals surface area contributed by atoms with Crippen molar-refractivity contribution in [2.45, 2.75) is 25.8 Å². The third kappa shape index (κ3) is 2.47. The molecule has 0 saturated carbocycles. The van der Waals surface area contributed by atoms with Gasteiger partial charge >= 0.3 is 0 Å². The lowest BCUT2D eigenvalue weighted by molar-refractivity contribution is -0.143. The van der Waals surface area contributed by atoms with Gasteiger partial charge in [-0.1, -0.05) is 0 Å². The smallest absolute Gasteiger partial charge is 0.225 e. The fourth-order valence-corrected chi connectivity index (χ4v) is 2.79. The van der Waals surface area contributed by atoms with Gasteiger partial charge in [0.2, 0.25) is 11.8 Å². The minimum atomic E-state index is -0.208. The first-order valence-corrected chi connectivity index (χ1v) is 6.58. The van der Waals surface area contributed by atoms with E-state index < -0.39 is 0 Å². The Bertz CT molecular complexity index is 483. The molecule has 0 aliphatic carbocycles. The van der Waals surface area contributed by atoms with Gasteiger partial charge in [-0.25, -0.2) is 0 Å². The third-order valence-electron chi connectivity index (χ3n) is 3.70. The summed E-state index contributed by atoms with van der Waals surface area (Å²) in [6.07, 6.45) is 4.64. The SMILES string of the molecule is CCN1C(=O)CC[C@@H](C(=O)NC)[C@@H]1c1cnn(C)c1. The van der Waals surface area contributed by atoms with Crippen molar-refractivity contribution in [3.63, 3.8) is 0 Å². The molecule has 6 heteroatoms. The van der Waals surface area contributed by atoms with Crippen molar-refractivity contribution in [1.82, 2.24) is 20.0 Å². The minimum absolute atomic E-state index is 0.0141. The number of piperidine rings is 1. The summed E-state index contributed by atoms with van der Waals surface area (Å²) in [5.41, 5.74) is 0.922. The topological polar surface area (TPSA) is 67.2 Å². The normalized spacial score (nSPS) is 23.5. The Labute approximate surface area is 112 Å². The molecule has 1 N–H and O–H groups in total. The Morgan fingerprint density at radius 3 is 2.84 bits per heavy atom. The average Bonchev–Trinajstić information content (AvgIpc) is 2.83. The van der Waals surface area contributed by atoms with Gasteiger partial charge in [0.05, 0.1) is 18.2 Å². The highest BCUT2D eigenvalue weighted by Gasteiger charge is 2.40. The lowest BCUT2D eigenvalue weighted by Gasteiger charge is -2.39. The molecule has 1 aromatic heterocycles. The molecule has 2 rings (SSSR count). The zero-order valence-electron chi connectivity index (χ0n) is 11.6. The summed E-state index contributed by atoms with van der Waals surface area (Å²) >= 11 is 0. The quantitative estimate of drug-likeness (QED) is 0.862. The molecule has 1 aliphatic heterocycles. The number of carbonyl (C=O) groups is 2. The maximum Gasteiger partial charge on any atom is 0.225 e. The van der Waals surface area contributed by atoms with Crippen LogP contribution in [0.2, 0.25) is 0 Å². The van der Waals surface area contributed by atoms with E-state index in [9.17, 15) is 9.59 Å². The predicted octanol–water partition coefficient (Wildman–Crippen LogP) is 0.466. The number of carbonyl (C=O) groups excluding carboxylic acids is 2. The van der Waals surface area contributed by atoms with Crippen molar-refractivity contribution in [3.05, 3.63) is 18.0 Å². The Kier molecular flexibility index (Phi) is 3.87. The fraction of sp³-hybridized carbons (Fsp3) is 0.615. The van der Waals surface area contributed by atoms with Crippen molar-refractivity contribution in [2.75, 3.05) is 13.6 Å². The summed E-state index contributed by atoms with van der Waals surface area (Å²) in [6.45, 7) is 2.54. The Morgan fingerprint density at radius 2 is 2.32 bits per heavy atom. The molecule has 0 bridgehead atoms. The molecule has 0 radical (unpaired) electrons. The van der Waals surface area contributed by atoms with Gasteiger partial charge in [0.1, 0.15) is 0 Å². The van der Waals surface area contributed by atoms with Gasteiger partial charge in [-0.15, -0.1) is 0 Å². The average molecular weight is 264 g/mol. The first kappa shape index (κ1) is 13.6. The summed E-state index contributed by atoms with van der Waals surface area (Å²) in [5, 5.41) is 6.85. The number of aromatic nitrogens is 2. The first-order valence-electron chi connectivity index (χ1n) is 6.58. The van der Waals surface area contributed by atoms with E-state index in [2.05, 4.69) is 10.4 Å². The van der Waals surface area contributed by atoms with Crippen LogP contribution in [0.25, 0.3) is 0 Å². The van der Waals surface area contributed by atoms with Gasteiger partial charge in [0.15, 0.2) is 0 Å². The van der Waals surface area contributed by atoms with Crippen LogP contribution in [0.1, 0.15) is 31.4 Å². The van der Waals surface area contributed by atoms with Crippen molar-refractivity contribution in [1.29, 1.82) is 0 Å². The lowest BCUT2D eigenvalue weighted by Crippen LogP contribution is -2.47. The van der Waals surface area contributed by atoms with Gasteiger partial charge in [-0.3, -0.25) is 14.3 Å². The van der Waals surface area contributed by atoms with Gasteiger partial charge < -0.3 is 10.2 Å². The molecular formula is C13H20N4O2. The van der Waals surface area contributed by atoms with E-state index in [4.69, 9.17) is 0 Å². The van der Waals surface area contributed by atoms with Crippen LogP contribution in [0.4, 0.5) is 0 Å². The second kappa shape index (κ2) is 5.42. The molecule has 1 aromatic rings. The summed E-state index contributed by atoms with van der Waals surface area (Å²) < 4.78 is 1.70. The number of amides is 2. The number of hydrogen-bond donors (Lipinski definition) is 1. The second-order valence-corrected chi connectivity index (χ2v) is 4.83. The van der Waals surface area contributed by atoms with Crippen LogP contribution in [-0.4, -0.2) is 40.1 Å². The lowest BCUT2D eigenvalue weighted by atomic mass is 9.84. The van der Waals surface area contributed by atoms with Crippen LogP contribution in [0.5, 0.6) is 0 Å². The monoisotopic (exact) mass is 264 g/mol. The molecular weight excluding hydrogens is 244 g/mol. The Hall–Kier alpha value is -1.85. The molecule has 2 amide bonds. The van der Waals surface area contributed by atoms with Gasteiger partial charge in [0, 0.05) is 38.8 Å². The number of hydrogen-bond acceptors (Lipinski definition) is 3. The molecule has 19 heavy (non-hydrogen) atoms. The Morgan fingerprint density at radius 1 is 1.58 bits per heavy atom. The maximum atomic E-state index is 12.0. The van der Waals surface area contributed by atoms with E-state index in [1.807, 2.05) is 20.2 Å². The fourth-order valence-electron chi connectivity index (χ4n) is 2.79. The molecule has 2 atom stereocenters. The molecule has 1 aliphatic rings. The predicted molar refractivity (Wildman–Crippen MR) is 70.1 cm³/mol. The molecule has 1 fully saturated rings. The molecule has 0 aromatic carbocycles. The molecule has 104 valence electrons. The molecule has 6 nitrogen and oxygen atoms in total. The van der Waals surface area contributed by atoms with Crippen molar-refractivity contribution < 1.29 is 9.59 Å². The molecule has 1 saturated heterocycles. The van der Waals surface area contributed by atoms with Crippen LogP contribution in [-0.2, 0) is 16.6 Å². The second-order valence-electron chi connectivity index (χ2n) is 4.83. The summed E-state index contributed by atoms with van der Waals surface area (Å²) in [7, 11) is 3.47. The van der Waals surface area contributed by atoms with E-state index >= 15 is 0 Å². The third-order valence-corrected chi connectivity index (χ3v) is 3.70. The zero-order chi connectivity index (χ0) is 14.0. The maximum absolute atomic E-state index is 12.0. The highest BCUT2D eigenvalue weighted by Crippen LogP contribution is 2.36. The van der Waals surface area contributed by atoms with Crippen LogP contribution in [0.3, 0.4) is 0 Å². The zero-order valence-corrected chi connectivity index (χ0v) is 11.6. The number of likely N-dealkylation sites (tertiary alicyclic amines) is 1. The van der Waals surface area contributed by atoms with E-state index in [1.165, 1.54) is 0 Å². The van der Waals surface area contributed by atoms with Crippen LogP contribution in [0, 0.1) is 5.92 Å². The summed E-state index contributed by atoms with van der Waals surface area (Å²) in [4.78, 5) is 25.9. The highest BCUT2D eigenvalue weighted by atomic mass is 16.2. The first-order chi connectivity index (χ1) is 9.08. The largest absolute Gasteiger partial charge is 0.359 e. The minimum Gasteiger partial charge on any atom is -0.359 e. The van der Waals surface area contributed by atoms with Crippen LogP contribution < -0.4 is 5.32 Å². The molecule has 0 spiro atoms. The van der Waals surface area contributed by atoms with Gasteiger partial charge in [0.25, 0.3) is 0 Å². The van der Waals surface area contributed by atoms with Crippen LogP contribution in [0.15, 0.2) is 12.4 Å². The van der Waals surface area contributed by atoms with Crippen molar-refractivity contribution in [2.24, 2.45) is 13.0 Å². The number of aryl methyl sites for hydroxylation is 1. The molecule has 0 unspecified atom stereocenters. The number of nitrogens with zero attached hydrogens (tertiary/aromatic N) is 3. The van der Waals surface area contributed by atoms with E-state index in [1.54, 1.807) is 22.8 Å². The molecule has 2 heterocycles. The van der Waals surface area contributed by atoms with Crippen molar-refractivity contribution in [3.8, 4) is 0 Å². The summed E-state index contributed by atoms with van der Waals surface area (Å²) in [6, 6.07) is -0.208. The van der Waals surface area contributed by atoms with Gasteiger partial charge in [-0.2, -0.15) is 5.10 Å². The number of rotatable bonds is 3. The van der Waals surface area contributed by atoms with Crippen molar-refractivity contribution >= 4 is 11.8 Å². The Balaban J connectivity index is 2.38. The van der Waals surface area contributed by atoms with E-state index in [0.717, 1.165) is 5.56 Å². The standard InChI is InChI=1S/C13H20N4O2/c1-4-17-11(18)6-5-10(13(19)14-2)12(17)9-7-15-16(3)8-9/h7-8,10,12H,4-6H2,1-3H3,(H,14,19)/t10-,12+/m1/s1. The highest BCUT2D eigenvalue weighted by molar-refractivity contribution is 5.84. The summed E-state index contributed by atoms with van der Waals surface area (Å²) in [5.74, 6) is -0.108.